The van der Waals surface area contributed by atoms with E-state index >= 15 is 0 Å². The van der Waals surface area contributed by atoms with Crippen LogP contribution in [0.4, 0.5) is 4.39 Å². The van der Waals surface area contributed by atoms with Crippen LogP contribution in [0.5, 0.6) is 0 Å². The third-order valence-corrected chi connectivity index (χ3v) is 5.77. The highest BCUT2D eigenvalue weighted by Gasteiger charge is 2.37. The van der Waals surface area contributed by atoms with Crippen molar-refractivity contribution < 1.29 is 18.7 Å². The molecule has 0 aromatic heterocycles. The van der Waals surface area contributed by atoms with Crippen LogP contribution in [0.1, 0.15) is 71.6 Å². The van der Waals surface area contributed by atoms with Crippen LogP contribution in [0, 0.1) is 11.8 Å². The lowest BCUT2D eigenvalue weighted by Gasteiger charge is -2.32. The number of nitrogens with one attached hydrogen (secondary N) is 2. The molecule has 1 saturated heterocycles. The lowest BCUT2D eigenvalue weighted by molar-refractivity contribution is -0.130. The first-order valence-electron chi connectivity index (χ1n) is 10.2. The van der Waals surface area contributed by atoms with Crippen LogP contribution in [0.25, 0.3) is 0 Å². The molecule has 0 bridgehead atoms. The van der Waals surface area contributed by atoms with E-state index in [0.717, 1.165) is 64.6 Å². The molecule has 1 aliphatic heterocycles. The van der Waals surface area contributed by atoms with Crippen molar-refractivity contribution in [3.05, 3.63) is 0 Å². The van der Waals surface area contributed by atoms with E-state index in [9.17, 15) is 14.0 Å². The Balaban J connectivity index is 1.73. The van der Waals surface area contributed by atoms with Crippen LogP contribution in [0.15, 0.2) is 0 Å². The van der Waals surface area contributed by atoms with Gasteiger partial charge in [-0.3, -0.25) is 9.59 Å². The summed E-state index contributed by atoms with van der Waals surface area (Å²) in [6.07, 6.45) is 6.75. The van der Waals surface area contributed by atoms with Gasteiger partial charge in [-0.2, -0.15) is 0 Å². The topological polar surface area (TPSA) is 67.4 Å². The third kappa shape index (κ3) is 6.53. The first kappa shape index (κ1) is 21.1. The lowest BCUT2D eigenvalue weighted by Crippen LogP contribution is -2.56. The van der Waals surface area contributed by atoms with E-state index in [-0.39, 0.29) is 11.8 Å². The molecule has 6 heteroatoms. The highest BCUT2D eigenvalue weighted by molar-refractivity contribution is 5.82. The van der Waals surface area contributed by atoms with E-state index in [4.69, 9.17) is 4.74 Å². The third-order valence-electron chi connectivity index (χ3n) is 5.77. The molecule has 2 fully saturated rings. The molecule has 2 N–H and O–H groups in total. The highest BCUT2D eigenvalue weighted by Crippen LogP contribution is 2.30. The van der Waals surface area contributed by atoms with Crippen LogP contribution in [-0.2, 0) is 14.3 Å². The van der Waals surface area contributed by atoms with E-state index in [1.54, 1.807) is 13.8 Å². The van der Waals surface area contributed by atoms with Crippen molar-refractivity contribution in [2.45, 2.75) is 83.3 Å². The van der Waals surface area contributed by atoms with E-state index in [1.807, 2.05) is 0 Å². The zero-order valence-electron chi connectivity index (χ0n) is 16.3. The van der Waals surface area contributed by atoms with Gasteiger partial charge >= 0.3 is 0 Å². The van der Waals surface area contributed by atoms with Gasteiger partial charge in [-0.15, -0.1) is 0 Å². The summed E-state index contributed by atoms with van der Waals surface area (Å²) in [4.78, 5) is 24.3. The Kier molecular flexibility index (Phi) is 8.32. The van der Waals surface area contributed by atoms with Crippen molar-refractivity contribution in [2.24, 2.45) is 11.8 Å². The summed E-state index contributed by atoms with van der Waals surface area (Å²) in [7, 11) is 0. The minimum atomic E-state index is -1.50. The van der Waals surface area contributed by atoms with Crippen molar-refractivity contribution in [3.8, 4) is 0 Å². The minimum Gasteiger partial charge on any atom is -0.381 e. The molecule has 1 aliphatic carbocycles. The van der Waals surface area contributed by atoms with Crippen molar-refractivity contribution in [1.82, 2.24) is 10.6 Å². The van der Waals surface area contributed by atoms with Crippen molar-refractivity contribution >= 4 is 11.8 Å². The zero-order chi connectivity index (χ0) is 19.0. The first-order chi connectivity index (χ1) is 12.4. The Morgan fingerprint density at radius 1 is 1.19 bits per heavy atom. The maximum atomic E-state index is 14.0. The Hall–Kier alpha value is -1.17. The van der Waals surface area contributed by atoms with Crippen LogP contribution in [0.3, 0.4) is 0 Å². The highest BCUT2D eigenvalue weighted by atomic mass is 19.1. The molecular formula is C20H35FN2O3. The number of carbonyl (C=O) groups excluding carboxylic acids is 2. The average Bonchev–Trinajstić information content (AvgIpc) is 3.09. The molecule has 2 rings (SSSR count). The van der Waals surface area contributed by atoms with Gasteiger partial charge in [0.25, 0.3) is 5.91 Å². The SMILES string of the molecule is CC(C)C(F)C(=O)NC1(CNC(=O)CCCC2CCOCC2)CCCC1. The Morgan fingerprint density at radius 2 is 1.85 bits per heavy atom. The number of carbonyl (C=O) groups is 2. The summed E-state index contributed by atoms with van der Waals surface area (Å²) in [6.45, 7) is 5.48. The maximum absolute atomic E-state index is 14.0. The van der Waals surface area contributed by atoms with Crippen LogP contribution < -0.4 is 10.6 Å². The van der Waals surface area contributed by atoms with E-state index < -0.39 is 17.6 Å². The molecule has 5 nitrogen and oxygen atoms in total. The second-order valence-corrected chi connectivity index (χ2v) is 8.35. The number of rotatable bonds is 9. The van der Waals surface area contributed by atoms with Crippen LogP contribution >= 0.6 is 0 Å². The molecule has 1 atom stereocenters. The average molecular weight is 371 g/mol. The van der Waals surface area contributed by atoms with Gasteiger partial charge < -0.3 is 15.4 Å². The quantitative estimate of drug-likeness (QED) is 0.655. The van der Waals surface area contributed by atoms with Gasteiger partial charge in [-0.25, -0.2) is 4.39 Å². The number of amides is 2. The molecule has 2 amide bonds. The monoisotopic (exact) mass is 370 g/mol. The summed E-state index contributed by atoms with van der Waals surface area (Å²) in [5.41, 5.74) is -0.479. The van der Waals surface area contributed by atoms with Crippen molar-refractivity contribution in [3.63, 3.8) is 0 Å². The normalized spacial score (nSPS) is 21.5. The van der Waals surface area contributed by atoms with Gasteiger partial charge in [-0.1, -0.05) is 26.7 Å². The second-order valence-electron chi connectivity index (χ2n) is 8.35. The van der Waals surface area contributed by atoms with Gasteiger partial charge in [0.1, 0.15) is 0 Å². The van der Waals surface area contributed by atoms with E-state index in [1.165, 1.54) is 0 Å². The van der Waals surface area contributed by atoms with Gasteiger partial charge in [0.2, 0.25) is 5.91 Å². The Labute approximate surface area is 156 Å². The molecule has 26 heavy (non-hydrogen) atoms. The largest absolute Gasteiger partial charge is 0.381 e. The summed E-state index contributed by atoms with van der Waals surface area (Å²) in [5.74, 6) is -0.184. The smallest absolute Gasteiger partial charge is 0.255 e. The molecule has 1 unspecified atom stereocenters. The summed E-state index contributed by atoms with van der Waals surface area (Å²) in [6, 6.07) is 0. The zero-order valence-corrected chi connectivity index (χ0v) is 16.3. The maximum Gasteiger partial charge on any atom is 0.255 e. The summed E-state index contributed by atoms with van der Waals surface area (Å²) in [5, 5.41) is 5.87. The number of hydrogen-bond acceptors (Lipinski definition) is 3. The molecular weight excluding hydrogens is 335 g/mol. The van der Waals surface area contributed by atoms with Gasteiger partial charge in [0, 0.05) is 26.2 Å². The molecule has 0 radical (unpaired) electrons. The Morgan fingerprint density at radius 3 is 2.46 bits per heavy atom. The van der Waals surface area contributed by atoms with Crippen LogP contribution in [0.2, 0.25) is 0 Å². The molecule has 2 aliphatic rings. The van der Waals surface area contributed by atoms with Gasteiger partial charge in [0.15, 0.2) is 6.17 Å². The number of alkyl halides is 1. The Bertz CT molecular complexity index is 458. The molecule has 1 heterocycles. The first-order valence-corrected chi connectivity index (χ1v) is 10.2. The van der Waals surface area contributed by atoms with Crippen molar-refractivity contribution in [2.75, 3.05) is 19.8 Å². The predicted molar refractivity (Wildman–Crippen MR) is 99.5 cm³/mol. The van der Waals surface area contributed by atoms with Crippen molar-refractivity contribution in [1.29, 1.82) is 0 Å². The number of ether oxygens (including phenoxy) is 1. The lowest BCUT2D eigenvalue weighted by atomic mass is 9.94. The fraction of sp³-hybridized carbons (Fsp3) is 0.900. The minimum absolute atomic E-state index is 0.0261. The second kappa shape index (κ2) is 10.2. The molecule has 0 aromatic carbocycles. The van der Waals surface area contributed by atoms with E-state index in [0.29, 0.717) is 18.9 Å². The summed E-state index contributed by atoms with van der Waals surface area (Å²) < 4.78 is 19.3. The fourth-order valence-corrected chi connectivity index (χ4v) is 3.97. The fourth-order valence-electron chi connectivity index (χ4n) is 3.97. The molecule has 150 valence electrons. The predicted octanol–water partition coefficient (Wildman–Crippen LogP) is 3.12. The van der Waals surface area contributed by atoms with Crippen LogP contribution in [-0.4, -0.2) is 43.3 Å². The number of hydrogen-bond donors (Lipinski definition) is 2. The standard InChI is InChI=1S/C20H35FN2O3/c1-15(2)18(21)19(25)23-20(10-3-4-11-20)14-22-17(24)7-5-6-16-8-12-26-13-9-16/h15-16,18H,3-14H2,1-2H3,(H,22,24)(H,23,25). The van der Waals surface area contributed by atoms with E-state index in [2.05, 4.69) is 10.6 Å². The molecule has 1 saturated carbocycles. The molecule has 0 aromatic rings. The molecule has 0 spiro atoms. The number of halogens is 1. The van der Waals surface area contributed by atoms with Gasteiger partial charge in [-0.05, 0) is 50.4 Å². The summed E-state index contributed by atoms with van der Waals surface area (Å²) >= 11 is 0. The van der Waals surface area contributed by atoms with Gasteiger partial charge in [0.05, 0.1) is 5.54 Å².